The normalized spacial score (nSPS) is 13.0. The lowest BCUT2D eigenvalue weighted by Gasteiger charge is -2.16. The van der Waals surface area contributed by atoms with Gasteiger partial charge in [-0.05, 0) is 40.6 Å². The maximum atomic E-state index is 12.4. The van der Waals surface area contributed by atoms with Crippen molar-refractivity contribution in [3.63, 3.8) is 0 Å². The van der Waals surface area contributed by atoms with E-state index in [9.17, 15) is 9.59 Å². The minimum Gasteiger partial charge on any atom is -0.314 e. The van der Waals surface area contributed by atoms with Crippen molar-refractivity contribution in [2.24, 2.45) is 0 Å². The van der Waals surface area contributed by atoms with Crippen molar-refractivity contribution in [2.45, 2.75) is 13.1 Å². The maximum Gasteiger partial charge on any atom is 0.322 e. The lowest BCUT2D eigenvalue weighted by molar-refractivity contribution is -0.111. The van der Waals surface area contributed by atoms with Crippen LogP contribution in [0.2, 0.25) is 0 Å². The fourth-order valence-corrected chi connectivity index (χ4v) is 3.44. The van der Waals surface area contributed by atoms with Crippen LogP contribution < -0.4 is 10.6 Å². The first kappa shape index (κ1) is 17.0. The van der Waals surface area contributed by atoms with E-state index in [1.165, 1.54) is 6.08 Å². The van der Waals surface area contributed by atoms with Crippen LogP contribution in [0.15, 0.2) is 53.2 Å². The number of rotatable bonds is 4. The summed E-state index contributed by atoms with van der Waals surface area (Å²) in [7, 11) is 0. The number of urea groups is 1. The van der Waals surface area contributed by atoms with Crippen LogP contribution in [-0.4, -0.2) is 27.0 Å². The molecule has 4 rings (SSSR count). The summed E-state index contributed by atoms with van der Waals surface area (Å²) >= 11 is 1.57. The van der Waals surface area contributed by atoms with Gasteiger partial charge in [-0.2, -0.15) is 16.4 Å². The summed E-state index contributed by atoms with van der Waals surface area (Å²) in [5.74, 6) is 0.197. The number of para-hydroxylation sites is 1. The molecule has 2 aromatic heterocycles. The molecule has 0 saturated heterocycles. The van der Waals surface area contributed by atoms with Gasteiger partial charge >= 0.3 is 6.03 Å². The van der Waals surface area contributed by atoms with Crippen LogP contribution in [0.3, 0.4) is 0 Å². The monoisotopic (exact) mass is 379 g/mol. The van der Waals surface area contributed by atoms with E-state index in [2.05, 4.69) is 20.8 Å². The third-order valence-electron chi connectivity index (χ3n) is 4.17. The molecular formula is C19H17N5O2S. The molecule has 27 heavy (non-hydrogen) atoms. The van der Waals surface area contributed by atoms with E-state index in [0.29, 0.717) is 18.9 Å². The van der Waals surface area contributed by atoms with Gasteiger partial charge in [0, 0.05) is 17.3 Å². The average Bonchev–Trinajstić information content (AvgIpc) is 3.39. The summed E-state index contributed by atoms with van der Waals surface area (Å²) in [5.41, 5.74) is 3.38. The Hall–Kier alpha value is -3.39. The van der Waals surface area contributed by atoms with Crippen molar-refractivity contribution in [3.05, 3.63) is 70.1 Å². The van der Waals surface area contributed by atoms with Gasteiger partial charge in [0.25, 0.3) is 0 Å². The number of hydrogen-bond donors (Lipinski definition) is 3. The number of carbonyl (C=O) groups excluding carboxylic acids is 2. The Labute approximate surface area is 159 Å². The van der Waals surface area contributed by atoms with Crippen LogP contribution in [0.1, 0.15) is 16.8 Å². The van der Waals surface area contributed by atoms with E-state index >= 15 is 0 Å². The predicted octanol–water partition coefficient (Wildman–Crippen LogP) is 3.67. The van der Waals surface area contributed by atoms with Crippen LogP contribution in [0.25, 0.3) is 6.08 Å². The Morgan fingerprint density at radius 2 is 2.00 bits per heavy atom. The molecule has 1 aliphatic heterocycles. The van der Waals surface area contributed by atoms with E-state index < -0.39 is 0 Å². The number of fused-ring (bicyclic) bond motifs is 1. The largest absolute Gasteiger partial charge is 0.322 e. The molecule has 3 amide bonds. The van der Waals surface area contributed by atoms with Gasteiger partial charge in [0.05, 0.1) is 18.8 Å². The fourth-order valence-electron chi connectivity index (χ4n) is 2.81. The molecule has 0 saturated carbocycles. The molecule has 7 nitrogen and oxygen atoms in total. The van der Waals surface area contributed by atoms with Crippen LogP contribution in [0.5, 0.6) is 0 Å². The zero-order chi connectivity index (χ0) is 18.6. The van der Waals surface area contributed by atoms with Gasteiger partial charge < -0.3 is 15.5 Å². The molecule has 1 aromatic carbocycles. The Balaban J connectivity index is 1.38. The number of anilines is 2. The molecule has 0 radical (unpaired) electrons. The Morgan fingerprint density at radius 3 is 2.78 bits per heavy atom. The Morgan fingerprint density at radius 1 is 1.15 bits per heavy atom. The summed E-state index contributed by atoms with van der Waals surface area (Å²) in [5, 5.41) is 16.6. The van der Waals surface area contributed by atoms with Crippen LogP contribution in [0.4, 0.5) is 16.3 Å². The minimum atomic E-state index is -0.261. The van der Waals surface area contributed by atoms with E-state index in [4.69, 9.17) is 0 Å². The second-order valence-electron chi connectivity index (χ2n) is 6.06. The second kappa shape index (κ2) is 7.46. The number of thiophene rings is 1. The molecule has 8 heteroatoms. The molecule has 3 heterocycles. The van der Waals surface area contributed by atoms with Gasteiger partial charge in [0.1, 0.15) is 0 Å². The molecule has 136 valence electrons. The highest BCUT2D eigenvalue weighted by Gasteiger charge is 2.28. The van der Waals surface area contributed by atoms with Crippen LogP contribution >= 0.6 is 11.3 Å². The van der Waals surface area contributed by atoms with E-state index in [1.807, 2.05) is 47.2 Å². The first-order valence-corrected chi connectivity index (χ1v) is 9.31. The number of aromatic amines is 1. The summed E-state index contributed by atoms with van der Waals surface area (Å²) in [6.07, 6.45) is 3.22. The molecule has 3 aromatic rings. The molecule has 0 aliphatic carbocycles. The van der Waals surface area contributed by atoms with Crippen molar-refractivity contribution in [3.8, 4) is 0 Å². The highest BCUT2D eigenvalue weighted by atomic mass is 32.1. The Bertz CT molecular complexity index is 979. The van der Waals surface area contributed by atoms with E-state index in [1.54, 1.807) is 22.3 Å². The SMILES string of the molecule is O=C(C=Cc1ccsc1)Nc1n[nH]c2c1CN(C(=O)Nc1ccccc1)C2. The van der Waals surface area contributed by atoms with Crippen LogP contribution in [0, 0.1) is 0 Å². The third kappa shape index (κ3) is 3.90. The van der Waals surface area contributed by atoms with Gasteiger partial charge in [-0.25, -0.2) is 4.79 Å². The van der Waals surface area contributed by atoms with Gasteiger partial charge in [-0.3, -0.25) is 9.89 Å². The fraction of sp³-hybridized carbons (Fsp3) is 0.105. The van der Waals surface area contributed by atoms with Crippen LogP contribution in [-0.2, 0) is 17.9 Å². The number of hydrogen-bond acceptors (Lipinski definition) is 4. The topological polar surface area (TPSA) is 90.1 Å². The highest BCUT2D eigenvalue weighted by molar-refractivity contribution is 7.08. The number of amides is 3. The van der Waals surface area contributed by atoms with Crippen molar-refractivity contribution in [1.29, 1.82) is 0 Å². The average molecular weight is 379 g/mol. The molecule has 1 aliphatic rings. The molecule has 0 fully saturated rings. The summed E-state index contributed by atoms with van der Waals surface area (Å²) < 4.78 is 0. The predicted molar refractivity (Wildman–Crippen MR) is 105 cm³/mol. The molecule has 0 spiro atoms. The summed E-state index contributed by atoms with van der Waals surface area (Å²) in [6.45, 7) is 0.802. The number of H-pyrrole nitrogens is 1. The van der Waals surface area contributed by atoms with E-state index in [-0.39, 0.29) is 11.9 Å². The third-order valence-corrected chi connectivity index (χ3v) is 4.88. The quantitative estimate of drug-likeness (QED) is 0.604. The maximum absolute atomic E-state index is 12.4. The molecule has 0 atom stereocenters. The number of benzene rings is 1. The first-order chi connectivity index (χ1) is 13.2. The molecule has 3 N–H and O–H groups in total. The van der Waals surface area contributed by atoms with Crippen molar-refractivity contribution in [1.82, 2.24) is 15.1 Å². The van der Waals surface area contributed by atoms with Gasteiger partial charge in [0.2, 0.25) is 5.91 Å². The highest BCUT2D eigenvalue weighted by Crippen LogP contribution is 2.27. The standard InChI is InChI=1S/C19H17N5O2S/c25-17(7-6-13-8-9-27-12-13)21-18-15-10-24(11-16(15)22-23-18)19(26)20-14-4-2-1-3-5-14/h1-9,12H,10-11H2,(H,20,26)(H2,21,22,23,25). The van der Waals surface area contributed by atoms with Gasteiger partial charge in [-0.1, -0.05) is 18.2 Å². The zero-order valence-corrected chi connectivity index (χ0v) is 15.1. The first-order valence-electron chi connectivity index (χ1n) is 8.37. The molecule has 0 bridgehead atoms. The van der Waals surface area contributed by atoms with Gasteiger partial charge in [0.15, 0.2) is 5.82 Å². The van der Waals surface area contributed by atoms with E-state index in [0.717, 1.165) is 22.5 Å². The van der Waals surface area contributed by atoms with Crippen molar-refractivity contribution < 1.29 is 9.59 Å². The van der Waals surface area contributed by atoms with Crippen molar-refractivity contribution >= 4 is 40.9 Å². The second-order valence-corrected chi connectivity index (χ2v) is 6.84. The lowest BCUT2D eigenvalue weighted by atomic mass is 10.2. The number of aromatic nitrogens is 2. The zero-order valence-electron chi connectivity index (χ0n) is 14.3. The smallest absolute Gasteiger partial charge is 0.314 e. The number of nitrogens with one attached hydrogen (secondary N) is 3. The molecule has 0 unspecified atom stereocenters. The lowest BCUT2D eigenvalue weighted by Crippen LogP contribution is -2.30. The number of nitrogens with zero attached hydrogens (tertiary/aromatic N) is 2. The Kier molecular flexibility index (Phi) is 4.71. The summed E-state index contributed by atoms with van der Waals surface area (Å²) in [4.78, 5) is 26.2. The summed E-state index contributed by atoms with van der Waals surface area (Å²) in [6, 6.07) is 11.0. The van der Waals surface area contributed by atoms with Crippen molar-refractivity contribution in [2.75, 3.05) is 10.6 Å². The minimum absolute atomic E-state index is 0.194. The number of carbonyl (C=O) groups is 2. The molecular weight excluding hydrogens is 362 g/mol. The van der Waals surface area contributed by atoms with Gasteiger partial charge in [-0.15, -0.1) is 0 Å².